The number of guanidine groups is 1. The van der Waals surface area contributed by atoms with Gasteiger partial charge in [-0.1, -0.05) is 5.16 Å². The zero-order chi connectivity index (χ0) is 15.3. The number of hydrogen-bond acceptors (Lipinski definition) is 5. The summed E-state index contributed by atoms with van der Waals surface area (Å²) in [5.74, 6) is 1.15. The number of halogens is 1. The van der Waals surface area contributed by atoms with Gasteiger partial charge in [0.2, 0.25) is 0 Å². The van der Waals surface area contributed by atoms with Crippen LogP contribution in [0.4, 0.5) is 0 Å². The summed E-state index contributed by atoms with van der Waals surface area (Å²) in [5, 5.41) is 17.4. The van der Waals surface area contributed by atoms with Gasteiger partial charge < -0.3 is 24.3 Å². The molecule has 1 unspecified atom stereocenters. The lowest BCUT2D eigenvalue weighted by Gasteiger charge is -2.26. The molecule has 2 N–H and O–H groups in total. The molecule has 0 spiro atoms. The lowest BCUT2D eigenvalue weighted by Crippen LogP contribution is -2.44. The fourth-order valence-electron chi connectivity index (χ4n) is 1.95. The summed E-state index contributed by atoms with van der Waals surface area (Å²) in [6, 6.07) is 5.28. The molecule has 2 heterocycles. The lowest BCUT2D eigenvalue weighted by molar-refractivity contribution is 0.0381. The molecule has 2 rings (SSSR count). The summed E-state index contributed by atoms with van der Waals surface area (Å²) in [4.78, 5) is 6.07. The molecule has 0 aliphatic rings. The minimum atomic E-state index is -1.12. The van der Waals surface area contributed by atoms with Crippen LogP contribution in [-0.4, -0.2) is 41.8 Å². The van der Waals surface area contributed by atoms with E-state index in [4.69, 9.17) is 8.94 Å². The van der Waals surface area contributed by atoms with Gasteiger partial charge in [-0.05, 0) is 19.1 Å². The highest BCUT2D eigenvalue weighted by molar-refractivity contribution is 14.0. The second-order valence-corrected chi connectivity index (χ2v) is 5.00. The summed E-state index contributed by atoms with van der Waals surface area (Å²) < 4.78 is 10.0. The number of aromatic nitrogens is 1. The third kappa shape index (κ3) is 4.73. The molecule has 0 radical (unpaired) electrons. The number of aliphatic hydroxyl groups is 1. The molecule has 0 aromatic carbocycles. The summed E-state index contributed by atoms with van der Waals surface area (Å²) in [7, 11) is 3.56. The van der Waals surface area contributed by atoms with E-state index < -0.39 is 5.60 Å². The van der Waals surface area contributed by atoms with Crippen molar-refractivity contribution in [1.29, 1.82) is 0 Å². The van der Waals surface area contributed by atoms with E-state index in [9.17, 15) is 5.11 Å². The monoisotopic (exact) mass is 420 g/mol. The molecule has 0 aliphatic heterocycles. The Bertz CT molecular complexity index is 567. The van der Waals surface area contributed by atoms with Gasteiger partial charge in [0.25, 0.3) is 0 Å². The van der Waals surface area contributed by atoms with Crippen LogP contribution in [0.15, 0.2) is 44.7 Å². The van der Waals surface area contributed by atoms with Crippen LogP contribution < -0.4 is 5.32 Å². The SMILES string of the molecule is CN=C(NCC(C)(O)c1ccco1)N(C)Cc1ccon1.I. The highest BCUT2D eigenvalue weighted by atomic mass is 127. The average Bonchev–Trinajstić information content (AvgIpc) is 3.12. The summed E-state index contributed by atoms with van der Waals surface area (Å²) in [5.41, 5.74) is -0.313. The molecule has 8 heteroatoms. The van der Waals surface area contributed by atoms with Crippen molar-refractivity contribution < 1.29 is 14.0 Å². The van der Waals surface area contributed by atoms with Crippen molar-refractivity contribution in [2.24, 2.45) is 4.99 Å². The molecule has 0 saturated heterocycles. The smallest absolute Gasteiger partial charge is 0.193 e. The molecule has 22 heavy (non-hydrogen) atoms. The van der Waals surface area contributed by atoms with Gasteiger partial charge in [-0.2, -0.15) is 0 Å². The standard InChI is InChI=1S/C14H20N4O3.HI/c1-14(19,12-5-4-7-20-12)10-16-13(15-2)18(3)9-11-6-8-21-17-11;/h4-8,19H,9-10H2,1-3H3,(H,15,16);1H. The number of furan rings is 1. The van der Waals surface area contributed by atoms with Crippen LogP contribution in [0.25, 0.3) is 0 Å². The normalized spacial score (nSPS) is 14.1. The third-order valence-corrected chi connectivity index (χ3v) is 3.11. The average molecular weight is 420 g/mol. The van der Waals surface area contributed by atoms with Crippen molar-refractivity contribution in [3.05, 3.63) is 42.2 Å². The van der Waals surface area contributed by atoms with Gasteiger partial charge >= 0.3 is 0 Å². The van der Waals surface area contributed by atoms with Crippen LogP contribution in [0, 0.1) is 0 Å². The quantitative estimate of drug-likeness (QED) is 0.436. The largest absolute Gasteiger partial charge is 0.466 e. The van der Waals surface area contributed by atoms with Crippen molar-refractivity contribution in [2.75, 3.05) is 20.6 Å². The second-order valence-electron chi connectivity index (χ2n) is 5.00. The Morgan fingerprint density at radius 2 is 2.23 bits per heavy atom. The fraction of sp³-hybridized carbons (Fsp3) is 0.429. The van der Waals surface area contributed by atoms with Crippen LogP contribution in [0.3, 0.4) is 0 Å². The van der Waals surface area contributed by atoms with E-state index in [1.807, 2.05) is 11.9 Å². The van der Waals surface area contributed by atoms with Gasteiger partial charge in [-0.3, -0.25) is 4.99 Å². The van der Waals surface area contributed by atoms with Gasteiger partial charge in [0.15, 0.2) is 5.96 Å². The Hall–Kier alpha value is -1.55. The van der Waals surface area contributed by atoms with Gasteiger partial charge in [-0.15, -0.1) is 24.0 Å². The number of nitrogens with zero attached hydrogens (tertiary/aromatic N) is 3. The van der Waals surface area contributed by atoms with E-state index in [1.54, 1.807) is 32.2 Å². The number of nitrogens with one attached hydrogen (secondary N) is 1. The minimum Gasteiger partial charge on any atom is -0.466 e. The fourth-order valence-corrected chi connectivity index (χ4v) is 1.95. The molecule has 0 bridgehead atoms. The maximum absolute atomic E-state index is 10.4. The van der Waals surface area contributed by atoms with E-state index >= 15 is 0 Å². The molecule has 0 fully saturated rings. The van der Waals surface area contributed by atoms with Gasteiger partial charge in [0, 0.05) is 20.2 Å². The number of rotatable bonds is 5. The zero-order valence-electron chi connectivity index (χ0n) is 12.8. The lowest BCUT2D eigenvalue weighted by atomic mass is 10.0. The van der Waals surface area contributed by atoms with Gasteiger partial charge in [0.05, 0.1) is 19.4 Å². The van der Waals surface area contributed by atoms with Gasteiger partial charge in [0.1, 0.15) is 23.3 Å². The molecule has 7 nitrogen and oxygen atoms in total. The molecule has 2 aromatic rings. The van der Waals surface area contributed by atoms with Crippen molar-refractivity contribution in [2.45, 2.75) is 19.1 Å². The maximum Gasteiger partial charge on any atom is 0.193 e. The summed E-state index contributed by atoms with van der Waals surface area (Å²) >= 11 is 0. The molecule has 1 atom stereocenters. The van der Waals surface area contributed by atoms with E-state index in [0.717, 1.165) is 5.69 Å². The summed E-state index contributed by atoms with van der Waals surface area (Å²) in [6.45, 7) is 2.51. The first kappa shape index (κ1) is 18.5. The van der Waals surface area contributed by atoms with Crippen molar-refractivity contribution in [3.63, 3.8) is 0 Å². The molecular weight excluding hydrogens is 399 g/mol. The molecule has 0 aliphatic carbocycles. The van der Waals surface area contributed by atoms with E-state index in [1.165, 1.54) is 12.5 Å². The number of aliphatic imine (C=N–C) groups is 1. The zero-order valence-corrected chi connectivity index (χ0v) is 15.1. The van der Waals surface area contributed by atoms with Crippen molar-refractivity contribution in [1.82, 2.24) is 15.4 Å². The van der Waals surface area contributed by atoms with Crippen molar-refractivity contribution >= 4 is 29.9 Å². The first-order valence-corrected chi connectivity index (χ1v) is 6.60. The van der Waals surface area contributed by atoms with Gasteiger partial charge in [-0.25, -0.2) is 0 Å². The molecule has 0 saturated carbocycles. The highest BCUT2D eigenvalue weighted by Gasteiger charge is 2.26. The minimum absolute atomic E-state index is 0. The van der Waals surface area contributed by atoms with Crippen LogP contribution >= 0.6 is 24.0 Å². The third-order valence-electron chi connectivity index (χ3n) is 3.11. The van der Waals surface area contributed by atoms with Crippen LogP contribution in [-0.2, 0) is 12.1 Å². The maximum atomic E-state index is 10.4. The van der Waals surface area contributed by atoms with Crippen molar-refractivity contribution in [3.8, 4) is 0 Å². The summed E-state index contributed by atoms with van der Waals surface area (Å²) in [6.07, 6.45) is 3.07. The molecule has 122 valence electrons. The van der Waals surface area contributed by atoms with Crippen LogP contribution in [0.2, 0.25) is 0 Å². The topological polar surface area (TPSA) is 87.0 Å². The second kappa shape index (κ2) is 8.18. The molecule has 0 amide bonds. The van der Waals surface area contributed by atoms with Crippen LogP contribution in [0.1, 0.15) is 18.4 Å². The van der Waals surface area contributed by atoms with Crippen LogP contribution in [0.5, 0.6) is 0 Å². The predicted octanol–water partition coefficient (Wildman–Crippen LogP) is 1.80. The Balaban J connectivity index is 0.00000242. The Morgan fingerprint density at radius 3 is 2.77 bits per heavy atom. The predicted molar refractivity (Wildman–Crippen MR) is 93.0 cm³/mol. The molecule has 2 aromatic heterocycles. The first-order chi connectivity index (χ1) is 10.0. The van der Waals surface area contributed by atoms with E-state index in [2.05, 4.69) is 15.5 Å². The molecular formula is C14H21IN4O3. The van der Waals surface area contributed by atoms with E-state index in [-0.39, 0.29) is 30.5 Å². The van der Waals surface area contributed by atoms with E-state index in [0.29, 0.717) is 18.3 Å². The Morgan fingerprint density at radius 1 is 1.45 bits per heavy atom. The Kier molecular flexibility index (Phi) is 6.88. The number of hydrogen-bond donors (Lipinski definition) is 2. The highest BCUT2D eigenvalue weighted by Crippen LogP contribution is 2.19. The first-order valence-electron chi connectivity index (χ1n) is 6.60. The Labute approximate surface area is 146 Å².